The minimum atomic E-state index is -0.145. The second kappa shape index (κ2) is 6.68. The standard InChI is InChI=1S/C17H26FNO/c1-5-15-14(7-8-20-15)17(19-6-2)16-11(3)9-13(18)10-12(16)4/h9-10,14-15,17,19H,5-8H2,1-4H3. The lowest BCUT2D eigenvalue weighted by Crippen LogP contribution is -2.33. The number of hydrogen-bond donors (Lipinski definition) is 1. The summed E-state index contributed by atoms with van der Waals surface area (Å²) in [7, 11) is 0. The number of aryl methyl sites for hydroxylation is 2. The van der Waals surface area contributed by atoms with E-state index in [0.717, 1.165) is 37.1 Å². The van der Waals surface area contributed by atoms with E-state index in [0.29, 0.717) is 12.0 Å². The van der Waals surface area contributed by atoms with Crippen LogP contribution in [0.25, 0.3) is 0 Å². The predicted molar refractivity (Wildman–Crippen MR) is 80.4 cm³/mol. The van der Waals surface area contributed by atoms with E-state index in [1.165, 1.54) is 5.56 Å². The van der Waals surface area contributed by atoms with Crippen LogP contribution in [0.5, 0.6) is 0 Å². The fraction of sp³-hybridized carbons (Fsp3) is 0.647. The molecule has 0 saturated carbocycles. The molecule has 0 spiro atoms. The van der Waals surface area contributed by atoms with Crippen LogP contribution >= 0.6 is 0 Å². The van der Waals surface area contributed by atoms with Crippen molar-refractivity contribution in [3.8, 4) is 0 Å². The van der Waals surface area contributed by atoms with Gasteiger partial charge in [-0.3, -0.25) is 0 Å². The maximum Gasteiger partial charge on any atom is 0.123 e. The third-order valence-electron chi connectivity index (χ3n) is 4.38. The average Bonchev–Trinajstić information content (AvgIpc) is 2.84. The zero-order valence-corrected chi connectivity index (χ0v) is 13.0. The van der Waals surface area contributed by atoms with Gasteiger partial charge in [0.05, 0.1) is 6.10 Å². The summed E-state index contributed by atoms with van der Waals surface area (Å²) < 4.78 is 19.4. The van der Waals surface area contributed by atoms with Crippen LogP contribution in [0.2, 0.25) is 0 Å². The van der Waals surface area contributed by atoms with Crippen molar-refractivity contribution in [2.24, 2.45) is 5.92 Å². The molecule has 3 heteroatoms. The zero-order chi connectivity index (χ0) is 14.7. The van der Waals surface area contributed by atoms with Gasteiger partial charge in [-0.2, -0.15) is 0 Å². The van der Waals surface area contributed by atoms with Gasteiger partial charge in [0, 0.05) is 18.6 Å². The van der Waals surface area contributed by atoms with E-state index in [9.17, 15) is 4.39 Å². The molecule has 0 aliphatic carbocycles. The first-order chi connectivity index (χ1) is 9.58. The van der Waals surface area contributed by atoms with Crippen molar-refractivity contribution >= 4 is 0 Å². The van der Waals surface area contributed by atoms with E-state index in [1.807, 2.05) is 13.8 Å². The van der Waals surface area contributed by atoms with Crippen LogP contribution in [0.1, 0.15) is 49.4 Å². The highest BCUT2D eigenvalue weighted by Crippen LogP contribution is 2.37. The molecule has 0 radical (unpaired) electrons. The van der Waals surface area contributed by atoms with Crippen LogP contribution in [-0.2, 0) is 4.74 Å². The average molecular weight is 279 g/mol. The lowest BCUT2D eigenvalue weighted by atomic mass is 9.83. The van der Waals surface area contributed by atoms with Crippen LogP contribution in [-0.4, -0.2) is 19.3 Å². The largest absolute Gasteiger partial charge is 0.378 e. The highest BCUT2D eigenvalue weighted by molar-refractivity contribution is 5.37. The second-order valence-electron chi connectivity index (χ2n) is 5.76. The summed E-state index contributed by atoms with van der Waals surface area (Å²) in [5, 5.41) is 3.60. The summed E-state index contributed by atoms with van der Waals surface area (Å²) in [6.07, 6.45) is 2.42. The molecule has 2 nitrogen and oxygen atoms in total. The third kappa shape index (κ3) is 3.04. The molecular weight excluding hydrogens is 253 g/mol. The number of nitrogens with one attached hydrogen (secondary N) is 1. The van der Waals surface area contributed by atoms with Crippen molar-refractivity contribution in [1.29, 1.82) is 0 Å². The lowest BCUT2D eigenvalue weighted by Gasteiger charge is -2.30. The molecule has 1 heterocycles. The molecule has 3 unspecified atom stereocenters. The molecule has 1 aliphatic heterocycles. The number of ether oxygens (including phenoxy) is 1. The monoisotopic (exact) mass is 279 g/mol. The van der Waals surface area contributed by atoms with Crippen LogP contribution in [0, 0.1) is 25.6 Å². The first-order valence-corrected chi connectivity index (χ1v) is 7.70. The summed E-state index contributed by atoms with van der Waals surface area (Å²) in [5.41, 5.74) is 3.33. The van der Waals surface area contributed by atoms with Gasteiger partial charge < -0.3 is 10.1 Å². The number of hydrogen-bond acceptors (Lipinski definition) is 2. The number of benzene rings is 1. The Bertz CT molecular complexity index is 437. The Morgan fingerprint density at radius 2 is 1.95 bits per heavy atom. The van der Waals surface area contributed by atoms with Gasteiger partial charge in [-0.05, 0) is 62.1 Å². The predicted octanol–water partition coefficient (Wildman–Crippen LogP) is 3.91. The number of halogens is 1. The van der Waals surface area contributed by atoms with Crippen molar-refractivity contribution < 1.29 is 9.13 Å². The minimum absolute atomic E-state index is 0.145. The van der Waals surface area contributed by atoms with Crippen molar-refractivity contribution in [1.82, 2.24) is 5.32 Å². The lowest BCUT2D eigenvalue weighted by molar-refractivity contribution is 0.0774. The Hall–Kier alpha value is -0.930. The number of rotatable bonds is 5. The van der Waals surface area contributed by atoms with Crippen molar-refractivity contribution in [2.45, 2.75) is 52.7 Å². The van der Waals surface area contributed by atoms with Gasteiger partial charge in [-0.15, -0.1) is 0 Å². The Balaban J connectivity index is 2.38. The summed E-state index contributed by atoms with van der Waals surface area (Å²) in [5.74, 6) is 0.330. The molecular formula is C17H26FNO. The van der Waals surface area contributed by atoms with E-state index in [-0.39, 0.29) is 11.9 Å². The maximum atomic E-state index is 13.5. The summed E-state index contributed by atoms with van der Waals surface area (Å²) >= 11 is 0. The van der Waals surface area contributed by atoms with E-state index >= 15 is 0 Å². The molecule has 20 heavy (non-hydrogen) atoms. The van der Waals surface area contributed by atoms with Gasteiger partial charge in [0.2, 0.25) is 0 Å². The molecule has 112 valence electrons. The Morgan fingerprint density at radius 1 is 1.30 bits per heavy atom. The second-order valence-corrected chi connectivity index (χ2v) is 5.76. The molecule has 0 aromatic heterocycles. The molecule has 1 N–H and O–H groups in total. The van der Waals surface area contributed by atoms with E-state index in [2.05, 4.69) is 19.2 Å². The third-order valence-corrected chi connectivity index (χ3v) is 4.38. The molecule has 0 bridgehead atoms. The summed E-state index contributed by atoms with van der Waals surface area (Å²) in [6, 6.07) is 3.54. The van der Waals surface area contributed by atoms with Gasteiger partial charge in [0.1, 0.15) is 5.82 Å². The molecule has 1 fully saturated rings. The van der Waals surface area contributed by atoms with Crippen molar-refractivity contribution in [3.05, 3.63) is 34.6 Å². The molecule has 1 saturated heterocycles. The Kier molecular flexibility index (Phi) is 5.17. The highest BCUT2D eigenvalue weighted by Gasteiger charge is 2.35. The topological polar surface area (TPSA) is 21.3 Å². The first kappa shape index (κ1) is 15.5. The van der Waals surface area contributed by atoms with Gasteiger partial charge in [-0.25, -0.2) is 4.39 Å². The first-order valence-electron chi connectivity index (χ1n) is 7.70. The highest BCUT2D eigenvalue weighted by atomic mass is 19.1. The molecule has 0 amide bonds. The molecule has 1 aromatic rings. The summed E-state index contributed by atoms with van der Waals surface area (Å²) in [6.45, 7) is 10.1. The van der Waals surface area contributed by atoms with E-state index in [1.54, 1.807) is 12.1 Å². The van der Waals surface area contributed by atoms with Crippen LogP contribution in [0.3, 0.4) is 0 Å². The van der Waals surface area contributed by atoms with Gasteiger partial charge >= 0.3 is 0 Å². The van der Waals surface area contributed by atoms with Crippen LogP contribution < -0.4 is 5.32 Å². The van der Waals surface area contributed by atoms with Crippen molar-refractivity contribution in [2.75, 3.05) is 13.2 Å². The smallest absolute Gasteiger partial charge is 0.123 e. The summed E-state index contributed by atoms with van der Waals surface area (Å²) in [4.78, 5) is 0. The minimum Gasteiger partial charge on any atom is -0.378 e. The Labute approximate surface area is 121 Å². The molecule has 1 aromatic carbocycles. The van der Waals surface area contributed by atoms with E-state index < -0.39 is 0 Å². The quantitative estimate of drug-likeness (QED) is 0.882. The normalized spacial score (nSPS) is 24.1. The maximum absolute atomic E-state index is 13.5. The van der Waals surface area contributed by atoms with Crippen LogP contribution in [0.4, 0.5) is 4.39 Å². The fourth-order valence-corrected chi connectivity index (χ4v) is 3.57. The Morgan fingerprint density at radius 3 is 2.50 bits per heavy atom. The van der Waals surface area contributed by atoms with Crippen molar-refractivity contribution in [3.63, 3.8) is 0 Å². The molecule has 3 atom stereocenters. The van der Waals surface area contributed by atoms with Gasteiger partial charge in [0.25, 0.3) is 0 Å². The zero-order valence-electron chi connectivity index (χ0n) is 13.0. The molecule has 2 rings (SSSR count). The molecule has 1 aliphatic rings. The van der Waals surface area contributed by atoms with Gasteiger partial charge in [-0.1, -0.05) is 13.8 Å². The fourth-order valence-electron chi connectivity index (χ4n) is 3.57. The van der Waals surface area contributed by atoms with Gasteiger partial charge in [0.15, 0.2) is 0 Å². The van der Waals surface area contributed by atoms with E-state index in [4.69, 9.17) is 4.74 Å². The SMILES string of the molecule is CCNC(c1c(C)cc(F)cc1C)C1CCOC1CC. The van der Waals surface area contributed by atoms with Crippen LogP contribution in [0.15, 0.2) is 12.1 Å².